The van der Waals surface area contributed by atoms with Crippen LogP contribution in [0.3, 0.4) is 0 Å². The Kier molecular flexibility index (Phi) is 8.70. The highest BCUT2D eigenvalue weighted by molar-refractivity contribution is 7.90. The van der Waals surface area contributed by atoms with Crippen LogP contribution < -0.4 is 14.8 Å². The SMILES string of the molecule is CC(C)S(=O)(=O)NCCN1CCC(CNC(=O)c2cccc(OC(C)(C)C)c2)CC1. The number of sulfonamides is 1. The van der Waals surface area contributed by atoms with E-state index in [0.717, 1.165) is 25.9 Å². The van der Waals surface area contributed by atoms with Crippen LogP contribution in [0.4, 0.5) is 0 Å². The summed E-state index contributed by atoms with van der Waals surface area (Å²) in [6.45, 7) is 12.9. The van der Waals surface area contributed by atoms with Crippen molar-refractivity contribution in [2.24, 2.45) is 5.92 Å². The molecule has 0 unspecified atom stereocenters. The predicted octanol–water partition coefficient (Wildman–Crippen LogP) is 2.63. The van der Waals surface area contributed by atoms with Crippen LogP contribution in [0.25, 0.3) is 0 Å². The van der Waals surface area contributed by atoms with Gasteiger partial charge >= 0.3 is 0 Å². The van der Waals surface area contributed by atoms with Crippen LogP contribution in [0.2, 0.25) is 0 Å². The van der Waals surface area contributed by atoms with Crippen molar-refractivity contribution in [1.29, 1.82) is 0 Å². The van der Waals surface area contributed by atoms with Gasteiger partial charge < -0.3 is 15.0 Å². The fourth-order valence-corrected chi connectivity index (χ4v) is 4.03. The summed E-state index contributed by atoms with van der Waals surface area (Å²) in [4.78, 5) is 14.8. The second-order valence-corrected chi connectivity index (χ2v) is 11.5. The summed E-state index contributed by atoms with van der Waals surface area (Å²) in [5.41, 5.74) is 0.295. The van der Waals surface area contributed by atoms with Crippen LogP contribution in [0.15, 0.2) is 24.3 Å². The Bertz CT molecular complexity index is 795. The highest BCUT2D eigenvalue weighted by Crippen LogP contribution is 2.20. The Balaban J connectivity index is 1.72. The van der Waals surface area contributed by atoms with Gasteiger partial charge in [0.15, 0.2) is 0 Å². The lowest BCUT2D eigenvalue weighted by Crippen LogP contribution is -2.42. The predicted molar refractivity (Wildman–Crippen MR) is 120 cm³/mol. The fraction of sp³-hybridized carbons (Fsp3) is 0.682. The maximum Gasteiger partial charge on any atom is 0.251 e. The molecule has 0 atom stereocenters. The van der Waals surface area contributed by atoms with Crippen molar-refractivity contribution in [1.82, 2.24) is 14.9 Å². The van der Waals surface area contributed by atoms with Gasteiger partial charge in [-0.25, -0.2) is 13.1 Å². The van der Waals surface area contributed by atoms with Crippen LogP contribution in [0.1, 0.15) is 57.8 Å². The van der Waals surface area contributed by atoms with E-state index in [1.165, 1.54) is 0 Å². The molecule has 2 N–H and O–H groups in total. The van der Waals surface area contributed by atoms with Crippen LogP contribution in [-0.2, 0) is 10.0 Å². The molecule has 0 saturated carbocycles. The van der Waals surface area contributed by atoms with Gasteiger partial charge in [-0.3, -0.25) is 4.79 Å². The quantitative estimate of drug-likeness (QED) is 0.618. The van der Waals surface area contributed by atoms with E-state index in [1.807, 2.05) is 32.9 Å². The molecule has 1 amide bonds. The molecular weight excluding hydrogens is 402 g/mol. The number of ether oxygens (including phenoxy) is 1. The van der Waals surface area contributed by atoms with Crippen LogP contribution in [-0.4, -0.2) is 62.8 Å². The summed E-state index contributed by atoms with van der Waals surface area (Å²) in [5.74, 6) is 1.04. The molecule has 8 heteroatoms. The van der Waals surface area contributed by atoms with Gasteiger partial charge in [0, 0.05) is 25.2 Å². The Morgan fingerprint density at radius 3 is 2.50 bits per heavy atom. The van der Waals surface area contributed by atoms with Crippen molar-refractivity contribution in [3.8, 4) is 5.75 Å². The minimum absolute atomic E-state index is 0.0834. The monoisotopic (exact) mass is 439 g/mol. The van der Waals surface area contributed by atoms with Crippen molar-refractivity contribution in [2.75, 3.05) is 32.7 Å². The number of nitrogens with zero attached hydrogens (tertiary/aromatic N) is 1. The maximum atomic E-state index is 12.5. The van der Waals surface area contributed by atoms with Gasteiger partial charge in [0.05, 0.1) is 5.25 Å². The van der Waals surface area contributed by atoms with E-state index in [-0.39, 0.29) is 11.5 Å². The first-order chi connectivity index (χ1) is 14.0. The third-order valence-corrected chi connectivity index (χ3v) is 6.98. The molecule has 0 aliphatic carbocycles. The van der Waals surface area contributed by atoms with E-state index in [1.54, 1.807) is 26.0 Å². The molecule has 1 fully saturated rings. The molecule has 1 aromatic rings. The minimum atomic E-state index is -3.20. The van der Waals surface area contributed by atoms with Crippen LogP contribution in [0.5, 0.6) is 5.75 Å². The van der Waals surface area contributed by atoms with Gasteiger partial charge in [-0.15, -0.1) is 0 Å². The lowest BCUT2D eigenvalue weighted by Gasteiger charge is -2.32. The summed E-state index contributed by atoms with van der Waals surface area (Å²) >= 11 is 0. The summed E-state index contributed by atoms with van der Waals surface area (Å²) in [6, 6.07) is 7.27. The maximum absolute atomic E-state index is 12.5. The van der Waals surface area contributed by atoms with E-state index >= 15 is 0 Å². The number of benzene rings is 1. The molecule has 2 rings (SSSR count). The standard InChI is InChI=1S/C22H37N3O4S/c1-17(2)30(27,28)24-11-14-25-12-9-18(10-13-25)16-23-21(26)19-7-6-8-20(15-19)29-22(3,4)5/h6-8,15,17-18,24H,9-14,16H2,1-5H3,(H,23,26). The summed E-state index contributed by atoms with van der Waals surface area (Å²) in [5, 5.41) is 2.63. The summed E-state index contributed by atoms with van der Waals surface area (Å²) < 4.78 is 32.1. The van der Waals surface area contributed by atoms with Gasteiger partial charge in [-0.1, -0.05) is 6.07 Å². The first-order valence-electron chi connectivity index (χ1n) is 10.7. The largest absolute Gasteiger partial charge is 0.488 e. The normalized spacial score (nSPS) is 16.6. The molecule has 1 aromatic carbocycles. The lowest BCUT2D eigenvalue weighted by molar-refractivity contribution is 0.0933. The van der Waals surface area contributed by atoms with Gasteiger partial charge in [-0.05, 0) is 84.7 Å². The third kappa shape index (κ3) is 8.24. The molecule has 0 radical (unpaired) electrons. The molecular formula is C22H37N3O4S. The molecule has 0 aromatic heterocycles. The lowest BCUT2D eigenvalue weighted by atomic mass is 9.96. The molecule has 170 valence electrons. The number of rotatable bonds is 9. The molecule has 30 heavy (non-hydrogen) atoms. The number of hydrogen-bond acceptors (Lipinski definition) is 5. The highest BCUT2D eigenvalue weighted by atomic mass is 32.2. The van der Waals surface area contributed by atoms with E-state index in [9.17, 15) is 13.2 Å². The minimum Gasteiger partial charge on any atom is -0.488 e. The first-order valence-corrected chi connectivity index (χ1v) is 12.3. The van der Waals surface area contributed by atoms with E-state index < -0.39 is 15.3 Å². The summed E-state index contributed by atoms with van der Waals surface area (Å²) in [6.07, 6.45) is 1.98. The van der Waals surface area contributed by atoms with Gasteiger partial charge in [0.2, 0.25) is 10.0 Å². The zero-order valence-electron chi connectivity index (χ0n) is 18.9. The van der Waals surface area contributed by atoms with Gasteiger partial charge in [-0.2, -0.15) is 0 Å². The molecule has 0 bridgehead atoms. The summed E-state index contributed by atoms with van der Waals surface area (Å²) in [7, 11) is -3.20. The van der Waals surface area contributed by atoms with Crippen molar-refractivity contribution in [2.45, 2.75) is 58.3 Å². The number of carbonyl (C=O) groups excluding carboxylic acids is 1. The number of hydrogen-bond donors (Lipinski definition) is 2. The van der Waals surface area contributed by atoms with E-state index in [0.29, 0.717) is 36.9 Å². The number of piperidine rings is 1. The molecule has 0 spiro atoms. The molecule has 1 aliphatic heterocycles. The Labute approximate surface area is 181 Å². The van der Waals surface area contributed by atoms with E-state index in [2.05, 4.69) is 14.9 Å². The van der Waals surface area contributed by atoms with E-state index in [4.69, 9.17) is 4.74 Å². The van der Waals surface area contributed by atoms with Gasteiger partial charge in [0.1, 0.15) is 11.4 Å². The number of likely N-dealkylation sites (tertiary alicyclic amines) is 1. The Morgan fingerprint density at radius 2 is 1.90 bits per heavy atom. The average Bonchev–Trinajstić information content (AvgIpc) is 2.65. The Hall–Kier alpha value is -1.64. The second kappa shape index (κ2) is 10.6. The smallest absolute Gasteiger partial charge is 0.251 e. The first kappa shape index (κ1) is 24.6. The molecule has 1 aliphatic rings. The zero-order chi connectivity index (χ0) is 22.4. The second-order valence-electron chi connectivity index (χ2n) is 9.23. The van der Waals surface area contributed by atoms with Crippen molar-refractivity contribution >= 4 is 15.9 Å². The fourth-order valence-electron chi connectivity index (χ4n) is 3.32. The van der Waals surface area contributed by atoms with Gasteiger partial charge in [0.25, 0.3) is 5.91 Å². The highest BCUT2D eigenvalue weighted by Gasteiger charge is 2.21. The topological polar surface area (TPSA) is 87.7 Å². The molecule has 1 heterocycles. The number of carbonyl (C=O) groups is 1. The number of amides is 1. The average molecular weight is 440 g/mol. The molecule has 1 saturated heterocycles. The zero-order valence-corrected chi connectivity index (χ0v) is 19.7. The third-order valence-electron chi connectivity index (χ3n) is 5.13. The van der Waals surface area contributed by atoms with Crippen molar-refractivity contribution in [3.63, 3.8) is 0 Å². The Morgan fingerprint density at radius 1 is 1.23 bits per heavy atom. The van der Waals surface area contributed by atoms with Crippen LogP contribution in [0, 0.1) is 5.92 Å². The van der Waals surface area contributed by atoms with Crippen molar-refractivity contribution in [3.05, 3.63) is 29.8 Å². The van der Waals surface area contributed by atoms with Crippen LogP contribution >= 0.6 is 0 Å². The number of nitrogens with one attached hydrogen (secondary N) is 2. The molecule has 7 nitrogen and oxygen atoms in total. The van der Waals surface area contributed by atoms with Crippen molar-refractivity contribution < 1.29 is 17.9 Å².